The second-order valence-corrected chi connectivity index (χ2v) is 10.5. The van der Waals surface area contributed by atoms with Crippen molar-refractivity contribution in [2.45, 2.75) is 77.7 Å². The minimum atomic E-state index is -0.673. The summed E-state index contributed by atoms with van der Waals surface area (Å²) >= 11 is 0. The zero-order chi connectivity index (χ0) is 24.2. The Labute approximate surface area is 196 Å². The molecule has 3 rings (SSSR count). The first-order chi connectivity index (χ1) is 15.6. The Hall–Kier alpha value is -2.50. The number of hydrogen-bond donors (Lipinski definition) is 1. The molecule has 2 aliphatic rings. The van der Waals surface area contributed by atoms with E-state index >= 15 is 4.39 Å². The lowest BCUT2D eigenvalue weighted by Gasteiger charge is -2.37. The van der Waals surface area contributed by atoms with Crippen LogP contribution in [0.4, 0.5) is 4.39 Å². The van der Waals surface area contributed by atoms with Crippen molar-refractivity contribution in [2.75, 3.05) is 13.1 Å². The van der Waals surface area contributed by atoms with E-state index in [1.54, 1.807) is 12.1 Å². The number of amides is 2. The van der Waals surface area contributed by atoms with E-state index in [1.165, 1.54) is 12.1 Å². The van der Waals surface area contributed by atoms with Crippen molar-refractivity contribution in [1.29, 1.82) is 0 Å². The van der Waals surface area contributed by atoms with Crippen molar-refractivity contribution in [3.8, 4) is 0 Å². The zero-order valence-electron chi connectivity index (χ0n) is 20.2. The molecule has 1 aliphatic carbocycles. The fourth-order valence-corrected chi connectivity index (χ4v) is 5.17. The summed E-state index contributed by atoms with van der Waals surface area (Å²) < 4.78 is 15.6. The normalized spacial score (nSPS) is 20.7. The molecular weight excluding hydrogens is 419 g/mol. The molecule has 1 unspecified atom stereocenters. The van der Waals surface area contributed by atoms with Gasteiger partial charge in [-0.15, -0.1) is 0 Å². The fraction of sp³-hybridized carbons (Fsp3) is 0.593. The third kappa shape index (κ3) is 5.90. The molecule has 1 aromatic carbocycles. The molecule has 0 spiro atoms. The molecular formula is C27H37FN2O3. The quantitative estimate of drug-likeness (QED) is 0.612. The summed E-state index contributed by atoms with van der Waals surface area (Å²) in [5.41, 5.74) is -0.0867. The molecule has 1 heterocycles. The molecule has 1 saturated heterocycles. The highest BCUT2D eigenvalue weighted by molar-refractivity contribution is 6.01. The summed E-state index contributed by atoms with van der Waals surface area (Å²) in [6, 6.07) is 4.18. The summed E-state index contributed by atoms with van der Waals surface area (Å²) in [7, 11) is 0. The minimum Gasteiger partial charge on any atom is -0.342 e. The van der Waals surface area contributed by atoms with Crippen LogP contribution < -0.4 is 5.32 Å². The Bertz CT molecular complexity index is 899. The van der Waals surface area contributed by atoms with Crippen LogP contribution in [-0.2, 0) is 9.59 Å². The van der Waals surface area contributed by atoms with Gasteiger partial charge in [-0.3, -0.25) is 14.4 Å². The molecule has 2 amide bonds. The molecule has 2 atom stereocenters. The van der Waals surface area contributed by atoms with Crippen LogP contribution in [0.3, 0.4) is 0 Å². The van der Waals surface area contributed by atoms with Gasteiger partial charge in [-0.2, -0.15) is 0 Å². The molecule has 0 bridgehead atoms. The van der Waals surface area contributed by atoms with Crippen molar-refractivity contribution in [3.05, 3.63) is 47.8 Å². The SMILES string of the molecule is C=CC(=O)[C@H](NC(=O)c1cccc(C2CCCN(C(=O)C(C)(C)C)C2)c1F)C1CCCCC1. The van der Waals surface area contributed by atoms with E-state index in [0.29, 0.717) is 18.7 Å². The smallest absolute Gasteiger partial charge is 0.254 e. The van der Waals surface area contributed by atoms with Gasteiger partial charge in [0, 0.05) is 24.4 Å². The van der Waals surface area contributed by atoms with E-state index in [4.69, 9.17) is 0 Å². The van der Waals surface area contributed by atoms with Crippen LogP contribution in [0.15, 0.2) is 30.9 Å². The zero-order valence-corrected chi connectivity index (χ0v) is 20.2. The van der Waals surface area contributed by atoms with Crippen LogP contribution in [0.1, 0.15) is 87.6 Å². The molecule has 6 heteroatoms. The third-order valence-electron chi connectivity index (χ3n) is 6.98. The van der Waals surface area contributed by atoms with Gasteiger partial charge in [0.1, 0.15) is 5.82 Å². The minimum absolute atomic E-state index is 0.0507. The first-order valence-corrected chi connectivity index (χ1v) is 12.2. The van der Waals surface area contributed by atoms with Crippen LogP contribution in [0.2, 0.25) is 0 Å². The average Bonchev–Trinajstić information content (AvgIpc) is 2.81. The summed E-state index contributed by atoms with van der Waals surface area (Å²) in [4.78, 5) is 40.1. The standard InChI is InChI=1S/C27H37FN2O3/c1-5-22(31)24(18-11-7-6-8-12-18)29-25(32)21-15-9-14-20(23(21)28)19-13-10-16-30(17-19)26(33)27(2,3)4/h5,9,14-15,18-19,24H,1,6-8,10-13,16-17H2,2-4H3,(H,29,32)/t19?,24-/m1/s1. The molecule has 180 valence electrons. The molecule has 5 nitrogen and oxygen atoms in total. The molecule has 1 aliphatic heterocycles. The molecule has 0 radical (unpaired) electrons. The van der Waals surface area contributed by atoms with E-state index in [1.807, 2.05) is 25.7 Å². The van der Waals surface area contributed by atoms with E-state index in [9.17, 15) is 14.4 Å². The lowest BCUT2D eigenvalue weighted by Crippen LogP contribution is -2.46. The van der Waals surface area contributed by atoms with E-state index in [-0.39, 0.29) is 29.1 Å². The molecule has 0 aromatic heterocycles. The predicted molar refractivity (Wildman–Crippen MR) is 127 cm³/mol. The number of ketones is 1. The van der Waals surface area contributed by atoms with Gasteiger partial charge in [-0.25, -0.2) is 4.39 Å². The van der Waals surface area contributed by atoms with Crippen LogP contribution >= 0.6 is 0 Å². The van der Waals surface area contributed by atoms with E-state index in [2.05, 4.69) is 11.9 Å². The number of nitrogens with one attached hydrogen (secondary N) is 1. The lowest BCUT2D eigenvalue weighted by atomic mass is 9.82. The maximum absolute atomic E-state index is 15.6. The topological polar surface area (TPSA) is 66.5 Å². The Morgan fingerprint density at radius 2 is 1.82 bits per heavy atom. The van der Waals surface area contributed by atoms with Gasteiger partial charge in [-0.1, -0.05) is 58.7 Å². The van der Waals surface area contributed by atoms with Gasteiger partial charge >= 0.3 is 0 Å². The Balaban J connectivity index is 1.79. The second kappa shape index (κ2) is 10.6. The Kier molecular flexibility index (Phi) is 8.09. The Morgan fingerprint density at radius 3 is 2.45 bits per heavy atom. The number of carbonyl (C=O) groups is 3. The average molecular weight is 457 g/mol. The van der Waals surface area contributed by atoms with Gasteiger partial charge in [0.2, 0.25) is 5.91 Å². The van der Waals surface area contributed by atoms with Crippen LogP contribution in [0.25, 0.3) is 0 Å². The van der Waals surface area contributed by atoms with Crippen molar-refractivity contribution in [3.63, 3.8) is 0 Å². The van der Waals surface area contributed by atoms with Gasteiger partial charge in [-0.05, 0) is 49.3 Å². The highest BCUT2D eigenvalue weighted by Crippen LogP contribution is 2.32. The number of rotatable bonds is 6. The summed E-state index contributed by atoms with van der Waals surface area (Å²) in [5.74, 6) is -1.41. The number of hydrogen-bond acceptors (Lipinski definition) is 3. The van der Waals surface area contributed by atoms with Crippen LogP contribution in [0.5, 0.6) is 0 Å². The van der Waals surface area contributed by atoms with Crippen LogP contribution in [0, 0.1) is 17.2 Å². The van der Waals surface area contributed by atoms with Crippen LogP contribution in [-0.4, -0.2) is 41.6 Å². The highest BCUT2D eigenvalue weighted by Gasteiger charge is 2.34. The van der Waals surface area contributed by atoms with E-state index < -0.39 is 23.2 Å². The number of halogens is 1. The predicted octanol–water partition coefficient (Wildman–Crippen LogP) is 5.01. The molecule has 1 N–H and O–H groups in total. The van der Waals surface area contributed by atoms with Crippen molar-refractivity contribution in [2.24, 2.45) is 11.3 Å². The Morgan fingerprint density at radius 1 is 1.12 bits per heavy atom. The van der Waals surface area contributed by atoms with Crippen molar-refractivity contribution < 1.29 is 18.8 Å². The fourth-order valence-electron chi connectivity index (χ4n) is 5.17. The maximum atomic E-state index is 15.6. The number of benzene rings is 1. The number of nitrogens with zero attached hydrogens (tertiary/aromatic N) is 1. The molecule has 33 heavy (non-hydrogen) atoms. The monoisotopic (exact) mass is 456 g/mol. The molecule has 1 aromatic rings. The first-order valence-electron chi connectivity index (χ1n) is 12.2. The third-order valence-corrected chi connectivity index (χ3v) is 6.98. The van der Waals surface area contributed by atoms with Gasteiger partial charge < -0.3 is 10.2 Å². The first kappa shape index (κ1) is 25.1. The van der Waals surface area contributed by atoms with Crippen molar-refractivity contribution in [1.82, 2.24) is 10.2 Å². The number of likely N-dealkylation sites (tertiary alicyclic amines) is 1. The lowest BCUT2D eigenvalue weighted by molar-refractivity contribution is -0.140. The van der Waals surface area contributed by atoms with Gasteiger partial charge in [0.25, 0.3) is 5.91 Å². The van der Waals surface area contributed by atoms with Crippen molar-refractivity contribution >= 4 is 17.6 Å². The van der Waals surface area contributed by atoms with E-state index in [0.717, 1.165) is 44.9 Å². The summed E-state index contributed by atoms with van der Waals surface area (Å²) in [6.07, 6.45) is 7.71. The maximum Gasteiger partial charge on any atom is 0.254 e. The highest BCUT2D eigenvalue weighted by atomic mass is 19.1. The second-order valence-electron chi connectivity index (χ2n) is 10.5. The molecule has 2 fully saturated rings. The number of carbonyl (C=O) groups excluding carboxylic acids is 3. The number of piperidine rings is 1. The summed E-state index contributed by atoms with van der Waals surface area (Å²) in [5, 5.41) is 2.81. The van der Waals surface area contributed by atoms with Gasteiger partial charge in [0.05, 0.1) is 11.6 Å². The summed E-state index contributed by atoms with van der Waals surface area (Å²) in [6.45, 7) is 10.4. The molecule has 1 saturated carbocycles. The largest absolute Gasteiger partial charge is 0.342 e. The van der Waals surface area contributed by atoms with Gasteiger partial charge in [0.15, 0.2) is 5.78 Å².